The van der Waals surface area contributed by atoms with Gasteiger partial charge in [-0.05, 0) is 30.5 Å². The summed E-state index contributed by atoms with van der Waals surface area (Å²) >= 11 is 0. The van der Waals surface area contributed by atoms with Crippen LogP contribution in [0.5, 0.6) is 0 Å². The van der Waals surface area contributed by atoms with E-state index < -0.39 is 0 Å². The normalized spacial score (nSPS) is 15.1. The highest BCUT2D eigenvalue weighted by molar-refractivity contribution is 5.98. The van der Waals surface area contributed by atoms with Crippen LogP contribution in [0, 0.1) is 0 Å². The summed E-state index contributed by atoms with van der Waals surface area (Å²) in [6.45, 7) is 1.75. The Labute approximate surface area is 149 Å². The van der Waals surface area contributed by atoms with Crippen LogP contribution in [0.4, 0.5) is 0 Å². The van der Waals surface area contributed by atoms with Crippen molar-refractivity contribution in [3.8, 4) is 11.1 Å². The Balaban J connectivity index is 1.41. The van der Waals surface area contributed by atoms with E-state index in [-0.39, 0.29) is 12.5 Å². The van der Waals surface area contributed by atoms with Crippen molar-refractivity contribution in [1.82, 2.24) is 35.7 Å². The van der Waals surface area contributed by atoms with Crippen LogP contribution >= 0.6 is 0 Å². The van der Waals surface area contributed by atoms with Gasteiger partial charge in [0.05, 0.1) is 12.7 Å². The summed E-state index contributed by atoms with van der Waals surface area (Å²) in [7, 11) is 0. The number of amides is 1. The Morgan fingerprint density at radius 3 is 2.85 bits per heavy atom. The van der Waals surface area contributed by atoms with E-state index in [1.807, 2.05) is 12.1 Å². The van der Waals surface area contributed by atoms with E-state index in [4.69, 9.17) is 4.74 Å². The number of hydrogen-bond acceptors (Lipinski definition) is 6. The van der Waals surface area contributed by atoms with Gasteiger partial charge in [-0.1, -0.05) is 0 Å². The molecule has 1 saturated heterocycles. The van der Waals surface area contributed by atoms with Gasteiger partial charge < -0.3 is 10.1 Å². The SMILES string of the molecule is O=C(NCc1nc(C2CCOCC2)n[nH]1)c1[nH]ncc1-c1ccncc1. The van der Waals surface area contributed by atoms with Crippen molar-refractivity contribution in [3.05, 3.63) is 48.1 Å². The number of carbonyl (C=O) groups excluding carboxylic acids is 1. The molecule has 4 rings (SSSR count). The lowest BCUT2D eigenvalue weighted by atomic mass is 10.00. The molecule has 9 heteroatoms. The first-order valence-electron chi connectivity index (χ1n) is 8.52. The maximum Gasteiger partial charge on any atom is 0.270 e. The molecule has 0 aliphatic carbocycles. The third-order valence-electron chi connectivity index (χ3n) is 4.41. The van der Waals surface area contributed by atoms with E-state index in [0.717, 1.165) is 43.0 Å². The van der Waals surface area contributed by atoms with Crippen LogP contribution in [-0.2, 0) is 11.3 Å². The number of rotatable bonds is 5. The maximum atomic E-state index is 12.5. The maximum absolute atomic E-state index is 12.5. The van der Waals surface area contributed by atoms with Crippen molar-refractivity contribution in [2.24, 2.45) is 0 Å². The topological polar surface area (TPSA) is 121 Å². The van der Waals surface area contributed by atoms with Gasteiger partial charge in [0.2, 0.25) is 0 Å². The molecule has 134 valence electrons. The number of aromatic nitrogens is 6. The lowest BCUT2D eigenvalue weighted by Gasteiger charge is -2.18. The van der Waals surface area contributed by atoms with Gasteiger partial charge in [-0.25, -0.2) is 4.98 Å². The lowest BCUT2D eigenvalue weighted by molar-refractivity contribution is 0.0836. The molecule has 1 amide bonds. The molecular formula is C17H19N7O2. The quantitative estimate of drug-likeness (QED) is 0.638. The molecule has 0 radical (unpaired) electrons. The van der Waals surface area contributed by atoms with Gasteiger partial charge in [-0.2, -0.15) is 10.2 Å². The van der Waals surface area contributed by atoms with E-state index in [1.165, 1.54) is 0 Å². The largest absolute Gasteiger partial charge is 0.381 e. The summed E-state index contributed by atoms with van der Waals surface area (Å²) in [5.41, 5.74) is 2.01. The van der Waals surface area contributed by atoms with Gasteiger partial charge in [-0.3, -0.25) is 20.0 Å². The van der Waals surface area contributed by atoms with Crippen LogP contribution in [0.3, 0.4) is 0 Å². The van der Waals surface area contributed by atoms with Crippen molar-refractivity contribution in [2.75, 3.05) is 13.2 Å². The summed E-state index contributed by atoms with van der Waals surface area (Å²) in [6.07, 6.45) is 6.83. The highest BCUT2D eigenvalue weighted by Gasteiger charge is 2.20. The average molecular weight is 353 g/mol. The van der Waals surface area contributed by atoms with Gasteiger partial charge >= 0.3 is 0 Å². The summed E-state index contributed by atoms with van der Waals surface area (Å²) in [5.74, 6) is 1.48. The Hall–Kier alpha value is -3.07. The van der Waals surface area contributed by atoms with Crippen molar-refractivity contribution in [1.29, 1.82) is 0 Å². The lowest BCUT2D eigenvalue weighted by Crippen LogP contribution is -2.24. The van der Waals surface area contributed by atoms with Crippen LogP contribution in [0.1, 0.15) is 40.9 Å². The fourth-order valence-electron chi connectivity index (χ4n) is 2.99. The van der Waals surface area contributed by atoms with Gasteiger partial charge in [-0.15, -0.1) is 0 Å². The molecule has 0 atom stereocenters. The number of aromatic amines is 2. The second kappa shape index (κ2) is 7.44. The second-order valence-corrected chi connectivity index (χ2v) is 6.10. The zero-order valence-corrected chi connectivity index (χ0v) is 14.1. The molecule has 0 spiro atoms. The van der Waals surface area contributed by atoms with E-state index in [9.17, 15) is 4.79 Å². The molecule has 0 saturated carbocycles. The van der Waals surface area contributed by atoms with Crippen LogP contribution in [-0.4, -0.2) is 49.5 Å². The minimum absolute atomic E-state index is 0.252. The zero-order valence-electron chi connectivity index (χ0n) is 14.1. The molecule has 1 aliphatic heterocycles. The number of pyridine rings is 1. The first-order chi connectivity index (χ1) is 12.8. The van der Waals surface area contributed by atoms with Crippen molar-refractivity contribution in [2.45, 2.75) is 25.3 Å². The van der Waals surface area contributed by atoms with Crippen molar-refractivity contribution in [3.63, 3.8) is 0 Å². The molecule has 0 bridgehead atoms. The minimum atomic E-state index is -0.252. The van der Waals surface area contributed by atoms with Crippen molar-refractivity contribution >= 4 is 5.91 Å². The van der Waals surface area contributed by atoms with Crippen LogP contribution in [0.15, 0.2) is 30.7 Å². The molecule has 1 fully saturated rings. The smallest absolute Gasteiger partial charge is 0.270 e. The summed E-state index contributed by atoms with van der Waals surface area (Å²) in [4.78, 5) is 21.0. The first-order valence-corrected chi connectivity index (χ1v) is 8.52. The Kier molecular flexibility index (Phi) is 4.69. The molecule has 3 aromatic heterocycles. The molecule has 9 nitrogen and oxygen atoms in total. The summed E-state index contributed by atoms with van der Waals surface area (Å²) in [5, 5.41) is 16.8. The van der Waals surface area contributed by atoms with E-state index in [0.29, 0.717) is 17.4 Å². The summed E-state index contributed by atoms with van der Waals surface area (Å²) < 4.78 is 5.36. The minimum Gasteiger partial charge on any atom is -0.381 e. The molecule has 4 heterocycles. The highest BCUT2D eigenvalue weighted by Crippen LogP contribution is 2.24. The van der Waals surface area contributed by atoms with E-state index in [2.05, 4.69) is 35.7 Å². The highest BCUT2D eigenvalue weighted by atomic mass is 16.5. The standard InChI is InChI=1S/C17H19N7O2/c25-17(15-13(9-20-23-15)11-1-5-18-6-2-11)19-10-14-21-16(24-22-14)12-3-7-26-8-4-12/h1-2,5-6,9,12H,3-4,7-8,10H2,(H,19,25)(H,20,23)(H,21,22,24). The molecule has 3 aromatic rings. The molecule has 26 heavy (non-hydrogen) atoms. The molecular weight excluding hydrogens is 334 g/mol. The predicted octanol–water partition coefficient (Wildman–Crippen LogP) is 1.41. The van der Waals surface area contributed by atoms with E-state index in [1.54, 1.807) is 18.6 Å². The third kappa shape index (κ3) is 3.47. The first kappa shape index (κ1) is 16.4. The van der Waals surface area contributed by atoms with Gasteiger partial charge in [0.1, 0.15) is 11.5 Å². The number of nitrogens with one attached hydrogen (secondary N) is 3. The van der Waals surface area contributed by atoms with Crippen molar-refractivity contribution < 1.29 is 9.53 Å². The Morgan fingerprint density at radius 1 is 1.23 bits per heavy atom. The molecule has 1 aliphatic rings. The molecule has 0 aromatic carbocycles. The number of hydrogen-bond donors (Lipinski definition) is 3. The number of nitrogens with zero attached hydrogens (tertiary/aromatic N) is 4. The van der Waals surface area contributed by atoms with Gasteiger partial charge in [0.25, 0.3) is 5.91 Å². The zero-order chi connectivity index (χ0) is 17.8. The molecule has 0 unspecified atom stereocenters. The molecule has 3 N–H and O–H groups in total. The van der Waals surface area contributed by atoms with Crippen LogP contribution in [0.25, 0.3) is 11.1 Å². The Morgan fingerprint density at radius 2 is 2.04 bits per heavy atom. The van der Waals surface area contributed by atoms with Crippen LogP contribution < -0.4 is 5.32 Å². The van der Waals surface area contributed by atoms with Gasteiger partial charge in [0.15, 0.2) is 5.82 Å². The number of carbonyl (C=O) groups is 1. The fourth-order valence-corrected chi connectivity index (χ4v) is 2.99. The fraction of sp³-hybridized carbons (Fsp3) is 0.353. The average Bonchev–Trinajstić information content (AvgIpc) is 3.37. The number of ether oxygens (including phenoxy) is 1. The van der Waals surface area contributed by atoms with Gasteiger partial charge in [0, 0.05) is 37.1 Å². The Bertz CT molecular complexity index is 868. The van der Waals surface area contributed by atoms with Crippen LogP contribution in [0.2, 0.25) is 0 Å². The predicted molar refractivity (Wildman–Crippen MR) is 92.2 cm³/mol. The van der Waals surface area contributed by atoms with E-state index >= 15 is 0 Å². The third-order valence-corrected chi connectivity index (χ3v) is 4.41. The monoisotopic (exact) mass is 353 g/mol. The summed E-state index contributed by atoms with van der Waals surface area (Å²) in [6, 6.07) is 3.66. The number of H-pyrrole nitrogens is 2. The second-order valence-electron chi connectivity index (χ2n) is 6.10.